The smallest absolute Gasteiger partial charge is 0.456 e. The van der Waals surface area contributed by atoms with Gasteiger partial charge < -0.3 is 4.74 Å². The maximum absolute atomic E-state index is 6.96. The van der Waals surface area contributed by atoms with E-state index in [2.05, 4.69) is 142 Å². The predicted molar refractivity (Wildman–Crippen MR) is 223 cm³/mol. The van der Waals surface area contributed by atoms with Crippen molar-refractivity contribution < 1.29 is 13.9 Å². The molecule has 272 valence electrons. The Balaban J connectivity index is 1.32. The molecule has 8 heteroatoms. The molecule has 0 spiro atoms. The molecule has 3 aromatic heterocycles. The van der Waals surface area contributed by atoms with Gasteiger partial charge in [-0.15, -0.1) is 0 Å². The molecule has 5 aromatic carbocycles. The third-order valence-electron chi connectivity index (χ3n) is 10.1. The zero-order valence-corrected chi connectivity index (χ0v) is 32.3. The lowest BCUT2D eigenvalue weighted by molar-refractivity contribution is -0.429. The molecule has 0 bridgehead atoms. The number of rotatable bonds is 7. The number of benzene rings is 5. The van der Waals surface area contributed by atoms with Gasteiger partial charge in [-0.1, -0.05) is 114 Å². The molecule has 0 atom stereocenters. The van der Waals surface area contributed by atoms with Crippen LogP contribution < -0.4 is 4.74 Å². The van der Waals surface area contributed by atoms with Crippen molar-refractivity contribution >= 4 is 33.5 Å². The van der Waals surface area contributed by atoms with E-state index in [0.29, 0.717) is 29.0 Å². The summed E-state index contributed by atoms with van der Waals surface area (Å²) >= 11 is 0. The van der Waals surface area contributed by atoms with E-state index in [1.807, 2.05) is 59.1 Å². The summed E-state index contributed by atoms with van der Waals surface area (Å²) in [6.07, 6.45) is 5.83. The first-order valence-electron chi connectivity index (χ1n) is 18.8. The van der Waals surface area contributed by atoms with E-state index in [-0.39, 0.29) is 5.41 Å². The number of pyridine rings is 1. The van der Waals surface area contributed by atoms with Crippen LogP contribution in [0.4, 0.5) is 5.69 Å². The lowest BCUT2D eigenvalue weighted by Gasteiger charge is -2.20. The summed E-state index contributed by atoms with van der Waals surface area (Å²) < 4.78 is 13.0. The highest BCUT2D eigenvalue weighted by Gasteiger charge is 2.24. The van der Waals surface area contributed by atoms with E-state index < -0.39 is 0 Å². The van der Waals surface area contributed by atoms with Gasteiger partial charge in [0.2, 0.25) is 11.9 Å². The minimum absolute atomic E-state index is 0.0555. The van der Waals surface area contributed by atoms with Crippen LogP contribution in [0.1, 0.15) is 37.5 Å². The lowest BCUT2D eigenvalue weighted by Crippen LogP contribution is -2.12. The van der Waals surface area contributed by atoms with Gasteiger partial charge in [0.25, 0.3) is 6.20 Å². The molecule has 8 aromatic rings. The quantitative estimate of drug-likeness (QED) is 0.153. The van der Waals surface area contributed by atoms with Gasteiger partial charge in [-0.25, -0.2) is 19.9 Å². The van der Waals surface area contributed by atoms with E-state index >= 15 is 0 Å². The first kappa shape index (κ1) is 34.7. The van der Waals surface area contributed by atoms with Crippen molar-refractivity contribution in [1.82, 2.24) is 24.5 Å². The molecule has 0 unspecified atom stereocenters. The van der Waals surface area contributed by atoms with Gasteiger partial charge in [0.05, 0.1) is 22.7 Å². The molecule has 0 fully saturated rings. The second-order valence-corrected chi connectivity index (χ2v) is 15.4. The van der Waals surface area contributed by atoms with Crippen molar-refractivity contribution in [2.24, 2.45) is 0 Å². The molecular weight excluding hydrogens is 691 g/mol. The predicted octanol–water partition coefficient (Wildman–Crippen LogP) is 11.0. The summed E-state index contributed by atoms with van der Waals surface area (Å²) in [5.74, 6) is 3.78. The molecule has 0 saturated carbocycles. The molecule has 4 heterocycles. The number of hydrogen-bond acceptors (Lipinski definition) is 5. The number of nitrogens with zero attached hydrogens (tertiary/aromatic N) is 7. The van der Waals surface area contributed by atoms with E-state index in [4.69, 9.17) is 24.7 Å². The Morgan fingerprint density at radius 2 is 1.32 bits per heavy atom. The molecule has 0 N–H and O–H groups in total. The molecule has 0 radical (unpaired) electrons. The molecule has 1 aliphatic heterocycles. The van der Waals surface area contributed by atoms with Gasteiger partial charge in [-0.3, -0.25) is 4.57 Å². The Bertz CT molecular complexity index is 2860. The van der Waals surface area contributed by atoms with Crippen molar-refractivity contribution in [1.29, 1.82) is 0 Å². The van der Waals surface area contributed by atoms with Gasteiger partial charge in [0.1, 0.15) is 17.3 Å². The van der Waals surface area contributed by atoms with Crippen LogP contribution in [0.25, 0.3) is 61.8 Å². The molecule has 0 amide bonds. The van der Waals surface area contributed by atoms with Crippen LogP contribution in [0.2, 0.25) is 0 Å². The molecule has 56 heavy (non-hydrogen) atoms. The van der Waals surface area contributed by atoms with Gasteiger partial charge in [-0.2, -0.15) is 0 Å². The lowest BCUT2D eigenvalue weighted by atomic mass is 9.88. The monoisotopic (exact) mass is 731 g/mol. The van der Waals surface area contributed by atoms with E-state index in [1.165, 1.54) is 5.56 Å². The maximum Gasteiger partial charge on any atom is 0.495 e. The first-order chi connectivity index (χ1) is 27.1. The van der Waals surface area contributed by atoms with E-state index in [1.54, 1.807) is 0 Å². The van der Waals surface area contributed by atoms with Gasteiger partial charge >= 0.3 is 6.01 Å². The fraction of sp³-hybridized carbons (Fsp3) is 0.146. The average molecular weight is 732 g/mol. The zero-order valence-electron chi connectivity index (χ0n) is 32.3. The third kappa shape index (κ3) is 6.57. The Morgan fingerprint density at radius 3 is 1.98 bits per heavy atom. The number of aromatic nitrogens is 5. The number of para-hydroxylation sites is 1. The van der Waals surface area contributed by atoms with Crippen LogP contribution in [-0.2, 0) is 5.41 Å². The van der Waals surface area contributed by atoms with Crippen molar-refractivity contribution in [3.63, 3.8) is 0 Å². The second kappa shape index (κ2) is 13.7. The van der Waals surface area contributed by atoms with E-state index in [9.17, 15) is 0 Å². The number of aryl methyl sites for hydroxylation is 2. The Hall–Kier alpha value is -7.02. The molecule has 9 rings (SSSR count). The third-order valence-corrected chi connectivity index (χ3v) is 10.1. The summed E-state index contributed by atoms with van der Waals surface area (Å²) in [4.78, 5) is 20.3. The van der Waals surface area contributed by atoms with Crippen molar-refractivity contribution in [2.45, 2.75) is 40.0 Å². The summed E-state index contributed by atoms with van der Waals surface area (Å²) in [5, 5.41) is 2.12. The SMILES string of the molecule is Cc1ccc(-c2nc(-c3ccc(C)cc3)nc(-c3cc4c5ccccc5n(-c5cc(C(C)(C)C)ccn5)c4cc3Oc3cccc([N+]4=C=[N+](C)C=C4)c3)n2)cc1. The van der Waals surface area contributed by atoms with Crippen LogP contribution in [0.5, 0.6) is 11.5 Å². The summed E-state index contributed by atoms with van der Waals surface area (Å²) in [6.45, 7) is 10.8. The highest BCUT2D eigenvalue weighted by atomic mass is 16.5. The minimum atomic E-state index is -0.0555. The zero-order chi connectivity index (χ0) is 38.6. The van der Waals surface area contributed by atoms with Crippen LogP contribution >= 0.6 is 0 Å². The molecule has 8 nitrogen and oxygen atoms in total. The highest BCUT2D eigenvalue weighted by Crippen LogP contribution is 2.42. The normalized spacial score (nSPS) is 12.7. The molecular formula is C48H41N7O+2. The molecule has 0 saturated heterocycles. The fourth-order valence-electron chi connectivity index (χ4n) is 7.04. The standard InChI is InChI=1S/C48H41N7O/c1-31-14-18-33(19-15-31)45-50-46(34-20-16-32(2)17-21-34)52-47(51-45)40-28-39-38-12-7-8-13-41(38)55(44-26-35(22-23-49-44)48(3,4)5)42(39)29-43(40)56-37-11-9-10-36(27-37)54-25-24-53(6)30-54/h7-29H,1-6H3/q+2. The topological polar surface area (TPSA) is 71.7 Å². The Kier molecular flexibility index (Phi) is 8.48. The van der Waals surface area contributed by atoms with Crippen molar-refractivity contribution in [3.05, 3.63) is 157 Å². The van der Waals surface area contributed by atoms with Crippen LogP contribution in [-0.4, -0.2) is 46.7 Å². The van der Waals surface area contributed by atoms with E-state index in [0.717, 1.165) is 61.1 Å². The largest absolute Gasteiger partial charge is 0.495 e. The van der Waals surface area contributed by atoms with Gasteiger partial charge in [0, 0.05) is 40.2 Å². The minimum Gasteiger partial charge on any atom is -0.456 e. The van der Waals surface area contributed by atoms with Gasteiger partial charge in [0.15, 0.2) is 24.5 Å². The first-order valence-corrected chi connectivity index (χ1v) is 18.8. The van der Waals surface area contributed by atoms with Crippen LogP contribution in [0, 0.1) is 13.8 Å². The Morgan fingerprint density at radius 1 is 0.643 bits per heavy atom. The number of fused-ring (bicyclic) bond motifs is 3. The summed E-state index contributed by atoms with van der Waals surface area (Å²) in [7, 11) is 1.95. The van der Waals surface area contributed by atoms with Crippen LogP contribution in [0.3, 0.4) is 0 Å². The second-order valence-electron chi connectivity index (χ2n) is 15.4. The Labute approximate surface area is 326 Å². The highest BCUT2D eigenvalue weighted by molar-refractivity contribution is 6.11. The van der Waals surface area contributed by atoms with Crippen LogP contribution in [0.15, 0.2) is 140 Å². The summed E-state index contributed by atoms with van der Waals surface area (Å²) in [5.41, 5.74) is 8.94. The fourth-order valence-corrected chi connectivity index (χ4v) is 7.04. The van der Waals surface area contributed by atoms with Crippen molar-refractivity contribution in [2.75, 3.05) is 7.05 Å². The molecule has 1 aliphatic rings. The number of hydrogen-bond donors (Lipinski definition) is 0. The molecule has 0 aliphatic carbocycles. The summed E-state index contributed by atoms with van der Waals surface area (Å²) in [6, 6.07) is 44.8. The van der Waals surface area contributed by atoms with Crippen molar-refractivity contribution in [3.8, 4) is 51.5 Å². The average Bonchev–Trinajstić information content (AvgIpc) is 3.78. The number of ether oxygens (including phenoxy) is 1. The van der Waals surface area contributed by atoms with Gasteiger partial charge in [-0.05, 0) is 55.2 Å². The maximum atomic E-state index is 6.96.